The largest absolute Gasteiger partial charge is 0.337 e. The summed E-state index contributed by atoms with van der Waals surface area (Å²) in [6.07, 6.45) is 1.17. The number of amides is 2. The molecule has 26 heavy (non-hydrogen) atoms. The summed E-state index contributed by atoms with van der Waals surface area (Å²) in [7, 11) is -3.22. The Morgan fingerprint density at radius 2 is 1.73 bits per heavy atom. The highest BCUT2D eigenvalue weighted by atomic mass is 35.5. The van der Waals surface area contributed by atoms with Gasteiger partial charge in [-0.05, 0) is 48.9 Å². The number of urea groups is 1. The lowest BCUT2D eigenvalue weighted by molar-refractivity contribution is 0.238. The van der Waals surface area contributed by atoms with Gasteiger partial charge in [0.25, 0.3) is 0 Å². The fourth-order valence-electron chi connectivity index (χ4n) is 2.20. The quantitative estimate of drug-likeness (QED) is 0.534. The Hall–Kier alpha value is -1.70. The van der Waals surface area contributed by atoms with Gasteiger partial charge in [0, 0.05) is 28.5 Å². The molecule has 2 aromatic rings. The first-order chi connectivity index (χ1) is 12.3. The molecular formula is C18H21ClN2O3S2. The first-order valence-corrected chi connectivity index (χ1v) is 11.2. The minimum Gasteiger partial charge on any atom is -0.337 e. The maximum Gasteiger partial charge on any atom is 0.315 e. The summed E-state index contributed by atoms with van der Waals surface area (Å²) < 4.78 is 22.9. The van der Waals surface area contributed by atoms with Crippen LogP contribution >= 0.6 is 23.4 Å². The molecule has 0 aliphatic carbocycles. The van der Waals surface area contributed by atoms with Crippen LogP contribution < -0.4 is 10.6 Å². The molecular weight excluding hydrogens is 392 g/mol. The number of sulfone groups is 1. The predicted octanol–water partition coefficient (Wildman–Crippen LogP) is 3.90. The Bertz CT molecular complexity index is 838. The van der Waals surface area contributed by atoms with Crippen LogP contribution in [0.1, 0.15) is 18.5 Å². The lowest BCUT2D eigenvalue weighted by atomic mass is 10.1. The molecule has 0 aliphatic heterocycles. The minimum atomic E-state index is -3.22. The third-order valence-corrected chi connectivity index (χ3v) is 6.02. The number of halogens is 1. The number of rotatable bonds is 7. The Balaban J connectivity index is 1.75. The molecule has 0 spiro atoms. The van der Waals surface area contributed by atoms with Gasteiger partial charge in [-0.2, -0.15) is 0 Å². The number of hydrogen-bond donors (Lipinski definition) is 2. The van der Waals surface area contributed by atoms with Gasteiger partial charge in [0.1, 0.15) is 0 Å². The van der Waals surface area contributed by atoms with Crippen molar-refractivity contribution in [3.05, 3.63) is 59.1 Å². The molecule has 0 saturated carbocycles. The zero-order valence-corrected chi connectivity index (χ0v) is 16.9. The van der Waals surface area contributed by atoms with Crippen molar-refractivity contribution in [2.45, 2.75) is 22.8 Å². The monoisotopic (exact) mass is 412 g/mol. The van der Waals surface area contributed by atoms with Crippen LogP contribution in [0.2, 0.25) is 5.02 Å². The lowest BCUT2D eigenvalue weighted by Crippen LogP contribution is -2.38. The van der Waals surface area contributed by atoms with Crippen LogP contribution in [0.4, 0.5) is 4.79 Å². The average Bonchev–Trinajstić information content (AvgIpc) is 2.59. The van der Waals surface area contributed by atoms with E-state index in [4.69, 9.17) is 11.6 Å². The third kappa shape index (κ3) is 6.55. The summed E-state index contributed by atoms with van der Waals surface area (Å²) in [4.78, 5) is 13.3. The number of nitrogens with one attached hydrogen (secondary N) is 2. The van der Waals surface area contributed by atoms with Crippen LogP contribution in [0.3, 0.4) is 0 Å². The second kappa shape index (κ2) is 9.30. The molecule has 2 aromatic carbocycles. The van der Waals surface area contributed by atoms with Crippen molar-refractivity contribution in [1.29, 1.82) is 0 Å². The van der Waals surface area contributed by atoms with Crippen molar-refractivity contribution < 1.29 is 13.2 Å². The van der Waals surface area contributed by atoms with Gasteiger partial charge in [0.2, 0.25) is 0 Å². The maximum absolute atomic E-state index is 12.0. The first-order valence-electron chi connectivity index (χ1n) is 7.98. The SMILES string of the molecule is CC(NC(=O)NCCSc1ccc(Cl)cc1)c1ccc(S(C)(=O)=O)cc1. The highest BCUT2D eigenvalue weighted by molar-refractivity contribution is 7.99. The fraction of sp³-hybridized carbons (Fsp3) is 0.278. The number of thioether (sulfide) groups is 1. The number of benzene rings is 2. The molecule has 140 valence electrons. The molecule has 1 atom stereocenters. The smallest absolute Gasteiger partial charge is 0.315 e. The topological polar surface area (TPSA) is 75.3 Å². The zero-order valence-electron chi connectivity index (χ0n) is 14.5. The van der Waals surface area contributed by atoms with E-state index in [1.54, 1.807) is 36.0 Å². The van der Waals surface area contributed by atoms with E-state index < -0.39 is 9.84 Å². The van der Waals surface area contributed by atoms with Crippen molar-refractivity contribution in [2.75, 3.05) is 18.6 Å². The van der Waals surface area contributed by atoms with Crippen LogP contribution in [0.5, 0.6) is 0 Å². The fourth-order valence-corrected chi connectivity index (χ4v) is 3.72. The molecule has 0 aromatic heterocycles. The molecule has 1 unspecified atom stereocenters. The normalized spacial score (nSPS) is 12.4. The van der Waals surface area contributed by atoms with Gasteiger partial charge in [0.05, 0.1) is 10.9 Å². The molecule has 5 nitrogen and oxygen atoms in total. The van der Waals surface area contributed by atoms with Gasteiger partial charge in [0.15, 0.2) is 9.84 Å². The van der Waals surface area contributed by atoms with E-state index in [2.05, 4.69) is 10.6 Å². The zero-order chi connectivity index (χ0) is 19.2. The van der Waals surface area contributed by atoms with Gasteiger partial charge < -0.3 is 10.6 Å². The van der Waals surface area contributed by atoms with E-state index in [0.29, 0.717) is 11.6 Å². The van der Waals surface area contributed by atoms with Crippen LogP contribution in [0.25, 0.3) is 0 Å². The van der Waals surface area contributed by atoms with Gasteiger partial charge >= 0.3 is 6.03 Å². The molecule has 0 saturated heterocycles. The molecule has 0 radical (unpaired) electrons. The molecule has 2 N–H and O–H groups in total. The number of carbonyl (C=O) groups excluding carboxylic acids is 1. The number of carbonyl (C=O) groups is 1. The first kappa shape index (κ1) is 20.6. The summed E-state index contributed by atoms with van der Waals surface area (Å²) in [6.45, 7) is 2.37. The van der Waals surface area contributed by atoms with E-state index in [0.717, 1.165) is 16.2 Å². The average molecular weight is 413 g/mol. The van der Waals surface area contributed by atoms with E-state index in [1.807, 2.05) is 31.2 Å². The summed E-state index contributed by atoms with van der Waals surface area (Å²) in [5.41, 5.74) is 0.836. The van der Waals surface area contributed by atoms with Gasteiger partial charge in [-0.1, -0.05) is 23.7 Å². The predicted molar refractivity (Wildman–Crippen MR) is 107 cm³/mol. The Kier molecular flexibility index (Phi) is 7.37. The van der Waals surface area contributed by atoms with E-state index in [9.17, 15) is 13.2 Å². The summed E-state index contributed by atoms with van der Waals surface area (Å²) in [5, 5.41) is 6.34. The number of hydrogen-bond acceptors (Lipinski definition) is 4. The van der Waals surface area contributed by atoms with Crippen molar-refractivity contribution in [3.63, 3.8) is 0 Å². The maximum atomic E-state index is 12.0. The summed E-state index contributed by atoms with van der Waals surface area (Å²) in [5.74, 6) is 0.743. The molecule has 2 amide bonds. The van der Waals surface area contributed by atoms with Gasteiger partial charge in [-0.15, -0.1) is 11.8 Å². The second-order valence-corrected chi connectivity index (χ2v) is 9.39. The van der Waals surface area contributed by atoms with E-state index >= 15 is 0 Å². The van der Waals surface area contributed by atoms with Crippen molar-refractivity contribution in [1.82, 2.24) is 10.6 Å². The van der Waals surface area contributed by atoms with Crippen molar-refractivity contribution >= 4 is 39.2 Å². The van der Waals surface area contributed by atoms with Crippen LogP contribution in [-0.4, -0.2) is 33.0 Å². The molecule has 0 aliphatic rings. The molecule has 8 heteroatoms. The Morgan fingerprint density at radius 3 is 2.31 bits per heavy atom. The van der Waals surface area contributed by atoms with Crippen molar-refractivity contribution in [2.24, 2.45) is 0 Å². The Labute approximate surface area is 163 Å². The molecule has 2 rings (SSSR count). The van der Waals surface area contributed by atoms with E-state index in [-0.39, 0.29) is 17.0 Å². The summed E-state index contributed by atoms with van der Waals surface area (Å²) in [6, 6.07) is 13.6. The Morgan fingerprint density at radius 1 is 1.12 bits per heavy atom. The summed E-state index contributed by atoms with van der Waals surface area (Å²) >= 11 is 7.47. The van der Waals surface area contributed by atoms with Crippen LogP contribution in [0, 0.1) is 0 Å². The minimum absolute atomic E-state index is 0.229. The molecule has 0 bridgehead atoms. The highest BCUT2D eigenvalue weighted by Crippen LogP contribution is 2.19. The third-order valence-electron chi connectivity index (χ3n) is 3.63. The van der Waals surface area contributed by atoms with Crippen LogP contribution in [0.15, 0.2) is 58.3 Å². The molecule has 0 fully saturated rings. The van der Waals surface area contributed by atoms with Gasteiger partial charge in [-0.3, -0.25) is 0 Å². The second-order valence-electron chi connectivity index (χ2n) is 5.77. The lowest BCUT2D eigenvalue weighted by Gasteiger charge is -2.15. The van der Waals surface area contributed by atoms with E-state index in [1.165, 1.54) is 6.26 Å². The van der Waals surface area contributed by atoms with Gasteiger partial charge in [-0.25, -0.2) is 13.2 Å². The highest BCUT2D eigenvalue weighted by Gasteiger charge is 2.11. The standard InChI is InChI=1S/C18H21ClN2O3S2/c1-13(14-3-9-17(10-4-14)26(2,23)24)21-18(22)20-11-12-25-16-7-5-15(19)6-8-16/h3-10,13H,11-12H2,1-2H3,(H2,20,21,22). The van der Waals surface area contributed by atoms with Crippen LogP contribution in [-0.2, 0) is 9.84 Å². The van der Waals surface area contributed by atoms with Crippen molar-refractivity contribution in [3.8, 4) is 0 Å². The molecule has 0 heterocycles.